The van der Waals surface area contributed by atoms with Crippen molar-refractivity contribution in [2.24, 2.45) is 16.6 Å². The van der Waals surface area contributed by atoms with E-state index in [1.165, 1.54) is 10.8 Å². The van der Waals surface area contributed by atoms with Crippen molar-refractivity contribution in [3.63, 3.8) is 0 Å². The van der Waals surface area contributed by atoms with Crippen LogP contribution in [0, 0.1) is 10.8 Å². The van der Waals surface area contributed by atoms with Crippen LogP contribution in [0.3, 0.4) is 0 Å². The summed E-state index contributed by atoms with van der Waals surface area (Å²) in [5.74, 6) is -0.893. The van der Waals surface area contributed by atoms with Crippen LogP contribution in [0.5, 0.6) is 0 Å². The summed E-state index contributed by atoms with van der Waals surface area (Å²) in [5.41, 5.74) is 4.29. The highest BCUT2D eigenvalue weighted by atomic mass is 16.3. The highest BCUT2D eigenvalue weighted by molar-refractivity contribution is 6.02. The third-order valence-electron chi connectivity index (χ3n) is 6.14. The van der Waals surface area contributed by atoms with E-state index in [9.17, 15) is 19.5 Å². The summed E-state index contributed by atoms with van der Waals surface area (Å²) in [4.78, 5) is 37.2. The van der Waals surface area contributed by atoms with E-state index in [1.54, 1.807) is 31.2 Å². The summed E-state index contributed by atoms with van der Waals surface area (Å²) in [7, 11) is 0. The molecule has 1 fully saturated rings. The third kappa shape index (κ3) is 4.98. The lowest BCUT2D eigenvalue weighted by molar-refractivity contribution is -0.130. The van der Waals surface area contributed by atoms with Crippen LogP contribution in [0.4, 0.5) is 5.69 Å². The van der Waals surface area contributed by atoms with Crippen molar-refractivity contribution in [3.05, 3.63) is 40.8 Å². The Morgan fingerprint density at radius 2 is 1.71 bits per heavy atom. The first-order valence-electron chi connectivity index (χ1n) is 10.7. The Kier molecular flexibility index (Phi) is 5.78. The molecule has 1 aromatic carbocycles. The van der Waals surface area contributed by atoms with Crippen molar-refractivity contribution in [2.45, 2.75) is 71.9 Å². The summed E-state index contributed by atoms with van der Waals surface area (Å²) in [5, 5.41) is 15.1. The van der Waals surface area contributed by atoms with Crippen LogP contribution in [0.1, 0.15) is 66.3 Å². The molecule has 1 aromatic heterocycles. The van der Waals surface area contributed by atoms with E-state index in [1.807, 2.05) is 0 Å². The smallest absolute Gasteiger partial charge is 0.259 e. The Hall–Kier alpha value is -2.67. The number of carbonyl (C=O) groups is 2. The number of pyridine rings is 1. The van der Waals surface area contributed by atoms with Crippen LogP contribution in [0.25, 0.3) is 10.8 Å². The maximum Gasteiger partial charge on any atom is 0.259 e. The summed E-state index contributed by atoms with van der Waals surface area (Å²) in [6.07, 6.45) is 3.61. The number of aromatic nitrogens is 1. The van der Waals surface area contributed by atoms with E-state index in [-0.39, 0.29) is 28.7 Å². The highest BCUT2D eigenvalue weighted by Crippen LogP contribution is 2.51. The fourth-order valence-corrected chi connectivity index (χ4v) is 5.73. The van der Waals surface area contributed by atoms with Gasteiger partial charge in [0.2, 0.25) is 11.8 Å². The second kappa shape index (κ2) is 7.79. The number of nitrogens with zero attached hydrogens (tertiary/aromatic N) is 1. The number of aliphatic hydroxyl groups is 1. The minimum absolute atomic E-state index is 0.00791. The number of carbonyl (C=O) groups excluding carboxylic acids is 2. The predicted octanol–water partition coefficient (Wildman–Crippen LogP) is 3.34. The van der Waals surface area contributed by atoms with Gasteiger partial charge in [0.25, 0.3) is 5.56 Å². The van der Waals surface area contributed by atoms with Gasteiger partial charge in [-0.15, -0.1) is 0 Å². The van der Waals surface area contributed by atoms with Crippen molar-refractivity contribution < 1.29 is 14.7 Å². The van der Waals surface area contributed by atoms with Gasteiger partial charge in [-0.2, -0.15) is 0 Å². The van der Waals surface area contributed by atoms with E-state index >= 15 is 0 Å². The number of fused-ring (bicyclic) bond motifs is 1. The molecule has 0 spiro atoms. The predicted molar refractivity (Wildman–Crippen MR) is 122 cm³/mol. The molecule has 2 amide bonds. The van der Waals surface area contributed by atoms with Gasteiger partial charge in [0.1, 0.15) is 6.04 Å². The molecule has 0 saturated heterocycles. The Labute approximate surface area is 182 Å². The molecule has 0 bridgehead atoms. The number of nitrogens with two attached hydrogens (primary N) is 1. The molecule has 1 heterocycles. The molecule has 168 valence electrons. The Morgan fingerprint density at radius 1 is 1.10 bits per heavy atom. The first kappa shape index (κ1) is 23.0. The van der Waals surface area contributed by atoms with E-state index in [4.69, 9.17) is 5.73 Å². The molecule has 7 nitrogen and oxygen atoms in total. The number of nitrogens with one attached hydrogen (secondary N) is 1. The van der Waals surface area contributed by atoms with Gasteiger partial charge in [-0.05, 0) is 55.2 Å². The van der Waals surface area contributed by atoms with Gasteiger partial charge in [0.05, 0.1) is 12.0 Å². The molecular formula is C24H33N3O4. The second-order valence-corrected chi connectivity index (χ2v) is 10.7. The molecule has 2 aromatic rings. The maximum absolute atomic E-state index is 12.9. The zero-order chi connectivity index (χ0) is 23.2. The largest absolute Gasteiger partial charge is 0.389 e. The minimum Gasteiger partial charge on any atom is -0.389 e. The van der Waals surface area contributed by atoms with E-state index in [2.05, 4.69) is 33.0 Å². The zero-order valence-electron chi connectivity index (χ0n) is 19.0. The fourth-order valence-electron chi connectivity index (χ4n) is 5.73. The van der Waals surface area contributed by atoms with Crippen LogP contribution in [0.15, 0.2) is 35.3 Å². The van der Waals surface area contributed by atoms with Gasteiger partial charge >= 0.3 is 0 Å². The topological polar surface area (TPSA) is 114 Å². The SMILES string of the molecule is C[C@@H](C(N)=O)n1ccc2c(NC(=O)CC3(O)CC(C)(C)CC(C)(C)C3)cccc2c1=O. The molecule has 1 aliphatic carbocycles. The van der Waals surface area contributed by atoms with Crippen LogP contribution in [0.2, 0.25) is 0 Å². The van der Waals surface area contributed by atoms with E-state index in [0.717, 1.165) is 6.42 Å². The fraction of sp³-hybridized carbons (Fsp3) is 0.542. The normalized spacial score (nSPS) is 20.2. The molecule has 0 unspecified atom stereocenters. The van der Waals surface area contributed by atoms with Crippen molar-refractivity contribution in [3.8, 4) is 0 Å². The molecule has 31 heavy (non-hydrogen) atoms. The zero-order valence-corrected chi connectivity index (χ0v) is 19.0. The van der Waals surface area contributed by atoms with Crippen LogP contribution in [-0.4, -0.2) is 27.1 Å². The summed E-state index contributed by atoms with van der Waals surface area (Å²) < 4.78 is 1.28. The van der Waals surface area contributed by atoms with Crippen LogP contribution < -0.4 is 16.6 Å². The lowest BCUT2D eigenvalue weighted by atomic mass is 9.59. The molecule has 0 radical (unpaired) electrons. The van der Waals surface area contributed by atoms with Gasteiger partial charge in [0, 0.05) is 22.7 Å². The molecule has 7 heteroatoms. The number of primary amides is 1. The molecule has 1 aliphatic rings. The third-order valence-corrected chi connectivity index (χ3v) is 6.14. The number of rotatable bonds is 5. The molecule has 4 N–H and O–H groups in total. The van der Waals surface area contributed by atoms with Crippen molar-refractivity contribution in [1.82, 2.24) is 4.57 Å². The number of hydrogen-bond donors (Lipinski definition) is 3. The molecular weight excluding hydrogens is 394 g/mol. The Morgan fingerprint density at radius 3 is 2.29 bits per heavy atom. The van der Waals surface area contributed by atoms with Crippen molar-refractivity contribution in [1.29, 1.82) is 0 Å². The maximum atomic E-state index is 12.9. The quantitative estimate of drug-likeness (QED) is 0.679. The Balaban J connectivity index is 1.87. The van der Waals surface area contributed by atoms with Gasteiger partial charge in [-0.3, -0.25) is 14.4 Å². The van der Waals surface area contributed by atoms with Gasteiger partial charge < -0.3 is 20.7 Å². The highest BCUT2D eigenvalue weighted by Gasteiger charge is 2.47. The summed E-state index contributed by atoms with van der Waals surface area (Å²) in [6, 6.07) is 5.97. The average molecular weight is 428 g/mol. The number of anilines is 1. The van der Waals surface area contributed by atoms with Crippen molar-refractivity contribution in [2.75, 3.05) is 5.32 Å². The van der Waals surface area contributed by atoms with E-state index < -0.39 is 17.6 Å². The van der Waals surface area contributed by atoms with Crippen LogP contribution >= 0.6 is 0 Å². The lowest BCUT2D eigenvalue weighted by Crippen LogP contribution is -2.47. The lowest BCUT2D eigenvalue weighted by Gasteiger charge is -2.49. The second-order valence-electron chi connectivity index (χ2n) is 10.7. The monoisotopic (exact) mass is 427 g/mol. The van der Waals surface area contributed by atoms with Gasteiger partial charge in [0.15, 0.2) is 0 Å². The molecule has 1 saturated carbocycles. The van der Waals surface area contributed by atoms with Gasteiger partial charge in [-0.25, -0.2) is 0 Å². The standard InChI is InChI=1S/C24H33N3O4/c1-15(20(25)29)27-10-9-16-17(21(27)30)7-6-8-18(16)26-19(28)11-24(31)13-22(2,3)12-23(4,5)14-24/h6-10,15,31H,11-14H2,1-5H3,(H2,25,29)(H,26,28)/t15-/m0/s1. The Bertz CT molecular complexity index is 1070. The van der Waals surface area contributed by atoms with Crippen LogP contribution in [-0.2, 0) is 9.59 Å². The minimum atomic E-state index is -1.08. The molecule has 0 aliphatic heterocycles. The number of hydrogen-bond acceptors (Lipinski definition) is 4. The number of benzene rings is 1. The first-order valence-corrected chi connectivity index (χ1v) is 10.7. The molecule has 3 rings (SSSR count). The van der Waals surface area contributed by atoms with E-state index in [0.29, 0.717) is 29.3 Å². The number of amides is 2. The first-order chi connectivity index (χ1) is 14.2. The molecule has 1 atom stereocenters. The average Bonchev–Trinajstić information content (AvgIpc) is 2.58. The van der Waals surface area contributed by atoms with Gasteiger partial charge in [-0.1, -0.05) is 33.8 Å². The summed E-state index contributed by atoms with van der Waals surface area (Å²) >= 11 is 0. The summed E-state index contributed by atoms with van der Waals surface area (Å²) in [6.45, 7) is 10.1. The van der Waals surface area contributed by atoms with Crippen molar-refractivity contribution >= 4 is 28.3 Å².